The van der Waals surface area contributed by atoms with E-state index < -0.39 is 11.5 Å². The fourth-order valence-electron chi connectivity index (χ4n) is 2.02. The van der Waals surface area contributed by atoms with Crippen LogP contribution in [0.1, 0.15) is 33.3 Å². The van der Waals surface area contributed by atoms with Crippen molar-refractivity contribution in [3.8, 4) is 0 Å². The highest BCUT2D eigenvalue weighted by Crippen LogP contribution is 2.13. The Hall–Kier alpha value is -1.88. The average Bonchev–Trinajstić information content (AvgIpc) is 2.50. The Morgan fingerprint density at radius 2 is 1.83 bits per heavy atom. The van der Waals surface area contributed by atoms with E-state index in [9.17, 15) is 9.59 Å². The lowest BCUT2D eigenvalue weighted by Crippen LogP contribution is -2.50. The van der Waals surface area contributed by atoms with E-state index in [4.69, 9.17) is 4.74 Å². The van der Waals surface area contributed by atoms with Crippen molar-refractivity contribution < 1.29 is 14.3 Å². The van der Waals surface area contributed by atoms with Gasteiger partial charge in [-0.15, -0.1) is 0 Å². The number of carbonyl (C=O) groups excluding carboxylic acids is 2. The van der Waals surface area contributed by atoms with E-state index in [-0.39, 0.29) is 11.8 Å². The van der Waals surface area contributed by atoms with Gasteiger partial charge in [0.05, 0.1) is 6.61 Å². The third-order valence-electron chi connectivity index (χ3n) is 3.49. The largest absolute Gasteiger partial charge is 0.383 e. The molecule has 0 fully saturated rings. The van der Waals surface area contributed by atoms with Crippen LogP contribution in [-0.4, -0.2) is 43.0 Å². The lowest BCUT2D eigenvalue weighted by molar-refractivity contribution is -0.139. The Bertz CT molecular complexity index is 509. The average molecular weight is 320 g/mol. The molecule has 0 aliphatic heterocycles. The van der Waals surface area contributed by atoms with Crippen LogP contribution in [0.2, 0.25) is 0 Å². The summed E-state index contributed by atoms with van der Waals surface area (Å²) in [5.74, 6) is -0.242. The second-order valence-electron chi connectivity index (χ2n) is 6.68. The molecule has 5 heteroatoms. The van der Waals surface area contributed by atoms with Gasteiger partial charge in [0.2, 0.25) is 11.8 Å². The van der Waals surface area contributed by atoms with Crippen molar-refractivity contribution in [1.29, 1.82) is 0 Å². The highest BCUT2D eigenvalue weighted by atomic mass is 16.5. The number of benzene rings is 1. The summed E-state index contributed by atoms with van der Waals surface area (Å²) in [5.41, 5.74) is 0.525. The van der Waals surface area contributed by atoms with Crippen LogP contribution in [0.15, 0.2) is 30.3 Å². The van der Waals surface area contributed by atoms with Gasteiger partial charge in [0.15, 0.2) is 0 Å². The molecule has 1 atom stereocenters. The number of carbonyl (C=O) groups is 2. The van der Waals surface area contributed by atoms with E-state index in [0.29, 0.717) is 19.7 Å². The first-order valence-corrected chi connectivity index (χ1v) is 7.88. The quantitative estimate of drug-likeness (QED) is 0.838. The molecule has 0 bridgehead atoms. The summed E-state index contributed by atoms with van der Waals surface area (Å²) in [5, 5.41) is 2.79. The minimum absolute atomic E-state index is 0.108. The fourth-order valence-corrected chi connectivity index (χ4v) is 2.02. The second-order valence-corrected chi connectivity index (χ2v) is 6.68. The molecule has 128 valence electrons. The first-order valence-electron chi connectivity index (χ1n) is 7.88. The molecule has 5 nitrogen and oxygen atoms in total. The summed E-state index contributed by atoms with van der Waals surface area (Å²) in [6.45, 7) is 8.64. The van der Waals surface area contributed by atoms with Gasteiger partial charge in [-0.3, -0.25) is 9.59 Å². The number of hydrogen-bond acceptors (Lipinski definition) is 3. The molecule has 1 unspecified atom stereocenters. The highest BCUT2D eigenvalue weighted by Gasteiger charge is 2.27. The normalized spacial score (nSPS) is 12.6. The Morgan fingerprint density at radius 1 is 1.22 bits per heavy atom. The molecule has 0 saturated carbocycles. The van der Waals surface area contributed by atoms with Crippen molar-refractivity contribution in [2.45, 2.75) is 40.3 Å². The van der Waals surface area contributed by atoms with Gasteiger partial charge in [0.25, 0.3) is 0 Å². The van der Waals surface area contributed by atoms with E-state index in [1.165, 1.54) is 0 Å². The number of hydrogen-bond donors (Lipinski definition) is 1. The van der Waals surface area contributed by atoms with E-state index in [1.54, 1.807) is 18.9 Å². The van der Waals surface area contributed by atoms with Gasteiger partial charge in [-0.25, -0.2) is 0 Å². The van der Waals surface area contributed by atoms with Crippen molar-refractivity contribution in [3.63, 3.8) is 0 Å². The van der Waals surface area contributed by atoms with Crippen LogP contribution in [0.4, 0.5) is 0 Å². The zero-order valence-electron chi connectivity index (χ0n) is 14.8. The Balaban J connectivity index is 2.76. The third kappa shape index (κ3) is 6.40. The summed E-state index contributed by atoms with van der Waals surface area (Å²) in [7, 11) is 1.61. The monoisotopic (exact) mass is 320 g/mol. The Morgan fingerprint density at radius 3 is 2.35 bits per heavy atom. The molecule has 0 aliphatic carbocycles. The molecule has 23 heavy (non-hydrogen) atoms. The lowest BCUT2D eigenvalue weighted by atomic mass is 9.95. The highest BCUT2D eigenvalue weighted by molar-refractivity contribution is 5.89. The number of ether oxygens (including phenoxy) is 1. The topological polar surface area (TPSA) is 58.6 Å². The van der Waals surface area contributed by atoms with Crippen molar-refractivity contribution >= 4 is 11.8 Å². The molecule has 2 amide bonds. The standard InChI is InChI=1S/C18H28N2O3/c1-14(19-17(22)18(2,3)4)16(21)20(11-12-23-5)13-15-9-7-6-8-10-15/h6-10,14H,11-13H2,1-5H3,(H,19,22). The summed E-state index contributed by atoms with van der Waals surface area (Å²) < 4.78 is 5.09. The van der Waals surface area contributed by atoms with Gasteiger partial charge in [-0.2, -0.15) is 0 Å². The third-order valence-corrected chi connectivity index (χ3v) is 3.49. The molecular weight excluding hydrogens is 292 g/mol. The molecule has 0 radical (unpaired) electrons. The first kappa shape index (κ1) is 19.2. The van der Waals surface area contributed by atoms with Gasteiger partial charge in [0, 0.05) is 25.6 Å². The van der Waals surface area contributed by atoms with Crippen LogP contribution in [0.25, 0.3) is 0 Å². The molecule has 0 aromatic heterocycles. The summed E-state index contributed by atoms with van der Waals surface area (Å²) in [4.78, 5) is 26.5. The van der Waals surface area contributed by atoms with Gasteiger partial charge in [-0.05, 0) is 12.5 Å². The molecule has 1 rings (SSSR count). The van der Waals surface area contributed by atoms with Crippen LogP contribution in [0.5, 0.6) is 0 Å². The molecule has 1 aromatic rings. The molecule has 1 N–H and O–H groups in total. The second kappa shape index (κ2) is 8.67. The summed E-state index contributed by atoms with van der Waals surface area (Å²) in [6.07, 6.45) is 0. The Labute approximate surface area is 139 Å². The number of amides is 2. The maximum absolute atomic E-state index is 12.7. The first-order chi connectivity index (χ1) is 10.8. The summed E-state index contributed by atoms with van der Waals surface area (Å²) >= 11 is 0. The van der Waals surface area contributed by atoms with Crippen LogP contribution < -0.4 is 5.32 Å². The van der Waals surface area contributed by atoms with Gasteiger partial charge in [-0.1, -0.05) is 51.1 Å². The maximum Gasteiger partial charge on any atom is 0.245 e. The molecular formula is C18H28N2O3. The minimum atomic E-state index is -0.567. The predicted octanol–water partition coefficient (Wildman–Crippen LogP) is 2.21. The van der Waals surface area contributed by atoms with Crippen molar-refractivity contribution in [2.75, 3.05) is 20.3 Å². The molecule has 0 spiro atoms. The van der Waals surface area contributed by atoms with Crippen molar-refractivity contribution in [3.05, 3.63) is 35.9 Å². The molecule has 0 saturated heterocycles. The van der Waals surface area contributed by atoms with Crippen LogP contribution >= 0.6 is 0 Å². The number of nitrogens with zero attached hydrogens (tertiary/aromatic N) is 1. The maximum atomic E-state index is 12.7. The van der Waals surface area contributed by atoms with E-state index in [1.807, 2.05) is 51.1 Å². The molecule has 0 heterocycles. The van der Waals surface area contributed by atoms with Gasteiger partial charge in [0.1, 0.15) is 6.04 Å². The van der Waals surface area contributed by atoms with Gasteiger partial charge >= 0.3 is 0 Å². The van der Waals surface area contributed by atoms with Crippen LogP contribution in [0, 0.1) is 5.41 Å². The summed E-state index contributed by atoms with van der Waals surface area (Å²) in [6, 6.07) is 9.22. The van der Waals surface area contributed by atoms with Crippen LogP contribution in [0.3, 0.4) is 0 Å². The smallest absolute Gasteiger partial charge is 0.245 e. The van der Waals surface area contributed by atoms with Crippen molar-refractivity contribution in [1.82, 2.24) is 10.2 Å². The van der Waals surface area contributed by atoms with E-state index in [0.717, 1.165) is 5.56 Å². The number of nitrogens with one attached hydrogen (secondary N) is 1. The number of rotatable bonds is 7. The lowest BCUT2D eigenvalue weighted by Gasteiger charge is -2.28. The zero-order valence-corrected chi connectivity index (χ0v) is 14.8. The predicted molar refractivity (Wildman–Crippen MR) is 90.8 cm³/mol. The van der Waals surface area contributed by atoms with Crippen molar-refractivity contribution in [2.24, 2.45) is 5.41 Å². The zero-order chi connectivity index (χ0) is 17.5. The fraction of sp³-hybridized carbons (Fsp3) is 0.556. The van der Waals surface area contributed by atoms with E-state index in [2.05, 4.69) is 5.32 Å². The van der Waals surface area contributed by atoms with Crippen LogP contribution in [-0.2, 0) is 20.9 Å². The van der Waals surface area contributed by atoms with E-state index >= 15 is 0 Å². The molecule has 0 aliphatic rings. The molecule has 1 aromatic carbocycles. The SMILES string of the molecule is COCCN(Cc1ccccc1)C(=O)C(C)NC(=O)C(C)(C)C. The minimum Gasteiger partial charge on any atom is -0.383 e. The Kier molecular flexibility index (Phi) is 7.23. The number of methoxy groups -OCH3 is 1. The van der Waals surface area contributed by atoms with Gasteiger partial charge < -0.3 is 15.0 Å².